The van der Waals surface area contributed by atoms with Gasteiger partial charge in [0, 0.05) is 41.8 Å². The minimum atomic E-state index is -1.18. The van der Waals surface area contributed by atoms with Gasteiger partial charge in [-0.25, -0.2) is 9.78 Å². The predicted octanol–water partition coefficient (Wildman–Crippen LogP) is 0.328. The highest BCUT2D eigenvalue weighted by Crippen LogP contribution is 2.19. The van der Waals surface area contributed by atoms with Crippen LogP contribution in [0.2, 0.25) is 0 Å². The van der Waals surface area contributed by atoms with Gasteiger partial charge in [0.25, 0.3) is 0 Å². The lowest BCUT2D eigenvalue weighted by Gasteiger charge is -2.26. The molecule has 222 valence electrons. The second-order valence-electron chi connectivity index (χ2n) is 10.4. The zero-order chi connectivity index (χ0) is 29.9. The molecule has 0 aliphatic carbocycles. The monoisotopic (exact) mass is 568 g/mol. The third kappa shape index (κ3) is 8.88. The van der Waals surface area contributed by atoms with E-state index in [2.05, 4.69) is 30.9 Å². The number of hydrogen-bond acceptors (Lipinski definition) is 7. The third-order valence-corrected chi connectivity index (χ3v) is 6.88. The molecule has 0 saturated heterocycles. The maximum atomic E-state index is 13.6. The van der Waals surface area contributed by atoms with Gasteiger partial charge in [-0.3, -0.25) is 14.4 Å². The number of carbonyl (C=O) groups is 4. The number of rotatable bonds is 16. The lowest BCUT2D eigenvalue weighted by atomic mass is 10.0. The average Bonchev–Trinajstić information content (AvgIpc) is 3.60. The number of nitrogens with zero attached hydrogens (tertiary/aromatic N) is 1. The molecule has 0 aliphatic rings. The van der Waals surface area contributed by atoms with E-state index >= 15 is 0 Å². The van der Waals surface area contributed by atoms with Crippen LogP contribution in [-0.2, 0) is 32.0 Å². The van der Waals surface area contributed by atoms with E-state index in [1.807, 2.05) is 24.3 Å². The maximum Gasteiger partial charge on any atom is 0.326 e. The molecule has 0 bridgehead atoms. The molecule has 13 nitrogen and oxygen atoms in total. The predicted molar refractivity (Wildman–Crippen MR) is 153 cm³/mol. The number of imidazole rings is 1. The summed E-state index contributed by atoms with van der Waals surface area (Å²) in [5, 5.41) is 18.5. The molecule has 0 saturated carbocycles. The molecule has 4 atom stereocenters. The van der Waals surface area contributed by atoms with E-state index in [-0.39, 0.29) is 12.8 Å². The summed E-state index contributed by atoms with van der Waals surface area (Å²) in [5.41, 5.74) is 13.8. The van der Waals surface area contributed by atoms with E-state index in [0.29, 0.717) is 25.1 Å². The SMILES string of the molecule is CC(C)C(NC(=O)C(Cc1c[nH]c2ccccc12)NC(=O)C(Cc1cnc[nH]1)NC(=O)C(N)CCCCN)C(=O)O. The molecule has 3 rings (SSSR count). The molecule has 0 radical (unpaired) electrons. The number of benzene rings is 1. The van der Waals surface area contributed by atoms with E-state index in [4.69, 9.17) is 11.5 Å². The minimum Gasteiger partial charge on any atom is -0.480 e. The number of H-pyrrole nitrogens is 2. The second-order valence-corrected chi connectivity index (χ2v) is 10.4. The van der Waals surface area contributed by atoms with Gasteiger partial charge in [-0.15, -0.1) is 0 Å². The van der Waals surface area contributed by atoms with Crippen LogP contribution in [0.5, 0.6) is 0 Å². The molecule has 1 aromatic carbocycles. The summed E-state index contributed by atoms with van der Waals surface area (Å²) in [6.07, 6.45) is 6.66. The number of para-hydroxylation sites is 1. The molecule has 2 aromatic heterocycles. The number of aromatic amines is 2. The molecule has 4 unspecified atom stereocenters. The Balaban J connectivity index is 1.85. The molecule has 3 amide bonds. The van der Waals surface area contributed by atoms with E-state index in [1.165, 1.54) is 12.5 Å². The summed E-state index contributed by atoms with van der Waals surface area (Å²) in [7, 11) is 0. The van der Waals surface area contributed by atoms with Gasteiger partial charge in [-0.1, -0.05) is 38.5 Å². The highest BCUT2D eigenvalue weighted by Gasteiger charge is 2.32. The van der Waals surface area contributed by atoms with E-state index in [9.17, 15) is 24.3 Å². The van der Waals surface area contributed by atoms with Crippen LogP contribution in [-0.4, -0.2) is 74.5 Å². The van der Waals surface area contributed by atoms with E-state index in [0.717, 1.165) is 22.9 Å². The van der Waals surface area contributed by atoms with Crippen molar-refractivity contribution in [3.8, 4) is 0 Å². The van der Waals surface area contributed by atoms with Crippen LogP contribution in [0.15, 0.2) is 43.0 Å². The van der Waals surface area contributed by atoms with Crippen molar-refractivity contribution in [3.05, 3.63) is 54.2 Å². The summed E-state index contributed by atoms with van der Waals surface area (Å²) < 4.78 is 0. The van der Waals surface area contributed by atoms with Crippen molar-refractivity contribution in [3.63, 3.8) is 0 Å². The molecule has 2 heterocycles. The first kappa shape index (κ1) is 31.3. The molecule has 0 spiro atoms. The van der Waals surface area contributed by atoms with Gasteiger partial charge in [0.1, 0.15) is 18.1 Å². The Morgan fingerprint density at radius 2 is 1.63 bits per heavy atom. The molecule has 0 aliphatic heterocycles. The fourth-order valence-electron chi connectivity index (χ4n) is 4.51. The largest absolute Gasteiger partial charge is 0.480 e. The summed E-state index contributed by atoms with van der Waals surface area (Å²) in [4.78, 5) is 61.8. The second kappa shape index (κ2) is 15.0. The summed E-state index contributed by atoms with van der Waals surface area (Å²) >= 11 is 0. The van der Waals surface area contributed by atoms with Crippen LogP contribution in [0.4, 0.5) is 0 Å². The number of aromatic nitrogens is 3. The lowest BCUT2D eigenvalue weighted by Crippen LogP contribution is -2.58. The zero-order valence-electron chi connectivity index (χ0n) is 23.4. The number of carboxylic acids is 1. The van der Waals surface area contributed by atoms with Crippen molar-refractivity contribution in [2.24, 2.45) is 17.4 Å². The first-order valence-electron chi connectivity index (χ1n) is 13.7. The normalized spacial score (nSPS) is 14.3. The summed E-state index contributed by atoms with van der Waals surface area (Å²) in [6.45, 7) is 3.84. The Morgan fingerprint density at radius 3 is 2.29 bits per heavy atom. The lowest BCUT2D eigenvalue weighted by molar-refractivity contribution is -0.143. The van der Waals surface area contributed by atoms with Crippen LogP contribution in [0.3, 0.4) is 0 Å². The Hall–Kier alpha value is -4.23. The first-order valence-corrected chi connectivity index (χ1v) is 13.7. The van der Waals surface area contributed by atoms with Gasteiger partial charge in [0.05, 0.1) is 12.4 Å². The van der Waals surface area contributed by atoms with Gasteiger partial charge in [0.15, 0.2) is 0 Å². The van der Waals surface area contributed by atoms with Crippen molar-refractivity contribution >= 4 is 34.6 Å². The fourth-order valence-corrected chi connectivity index (χ4v) is 4.51. The van der Waals surface area contributed by atoms with Crippen LogP contribution in [0, 0.1) is 5.92 Å². The number of carbonyl (C=O) groups excluding carboxylic acids is 3. The topological polar surface area (TPSA) is 221 Å². The molecule has 3 aromatic rings. The Kier molecular flexibility index (Phi) is 11.4. The van der Waals surface area contributed by atoms with E-state index in [1.54, 1.807) is 20.0 Å². The smallest absolute Gasteiger partial charge is 0.326 e. The highest BCUT2D eigenvalue weighted by atomic mass is 16.4. The van der Waals surface area contributed by atoms with Crippen LogP contribution >= 0.6 is 0 Å². The summed E-state index contributed by atoms with van der Waals surface area (Å²) in [6, 6.07) is 3.29. The molecule has 13 heteroatoms. The van der Waals surface area contributed by atoms with Gasteiger partial charge in [0.2, 0.25) is 17.7 Å². The number of unbranched alkanes of at least 4 members (excludes halogenated alkanes) is 1. The van der Waals surface area contributed by atoms with Crippen molar-refractivity contribution in [1.82, 2.24) is 30.9 Å². The van der Waals surface area contributed by atoms with Crippen molar-refractivity contribution in [1.29, 1.82) is 0 Å². The molecule has 10 N–H and O–H groups in total. The number of carboxylic acid groups (broad SMARTS) is 1. The zero-order valence-corrected chi connectivity index (χ0v) is 23.4. The van der Waals surface area contributed by atoms with Crippen molar-refractivity contribution < 1.29 is 24.3 Å². The van der Waals surface area contributed by atoms with Gasteiger partial charge >= 0.3 is 5.97 Å². The van der Waals surface area contributed by atoms with Crippen molar-refractivity contribution in [2.75, 3.05) is 6.54 Å². The Labute approximate surface area is 238 Å². The van der Waals surface area contributed by atoms with Gasteiger partial charge < -0.3 is 42.5 Å². The molecular formula is C28H40N8O5. The standard InChI is InChI=1S/C28H40N8O5/c1-16(2)24(28(40)41)36-27(39)22(11-17-13-32-21-9-4-3-7-19(17)21)35-26(38)23(12-18-14-31-15-33-18)34-25(37)20(30)8-5-6-10-29/h3-4,7,9,13-16,20,22-24,32H,5-6,8,10-12,29-30H2,1-2H3,(H,31,33)(H,34,37)(H,35,38)(H,36,39)(H,40,41). The van der Waals surface area contributed by atoms with E-state index < -0.39 is 53.8 Å². The average molecular weight is 569 g/mol. The minimum absolute atomic E-state index is 0.0677. The van der Waals surface area contributed by atoms with Crippen LogP contribution < -0.4 is 27.4 Å². The molecule has 41 heavy (non-hydrogen) atoms. The number of aliphatic carboxylic acids is 1. The quantitative estimate of drug-likeness (QED) is 0.112. The molecule has 0 fully saturated rings. The Bertz CT molecular complexity index is 1310. The fraction of sp³-hybridized carbons (Fsp3) is 0.464. The number of nitrogens with two attached hydrogens (primary N) is 2. The highest BCUT2D eigenvalue weighted by molar-refractivity contribution is 5.95. The number of amides is 3. The van der Waals surface area contributed by atoms with Crippen molar-refractivity contribution in [2.45, 2.75) is 70.1 Å². The van der Waals surface area contributed by atoms with Gasteiger partial charge in [-0.05, 0) is 36.9 Å². The maximum absolute atomic E-state index is 13.6. The Morgan fingerprint density at radius 1 is 0.951 bits per heavy atom. The number of fused-ring (bicyclic) bond motifs is 1. The first-order chi connectivity index (χ1) is 19.6. The number of nitrogens with one attached hydrogen (secondary N) is 5. The molecular weight excluding hydrogens is 528 g/mol. The van der Waals surface area contributed by atoms with Crippen LogP contribution in [0.1, 0.15) is 44.4 Å². The third-order valence-electron chi connectivity index (χ3n) is 6.88. The number of hydrogen-bond donors (Lipinski definition) is 8. The summed E-state index contributed by atoms with van der Waals surface area (Å²) in [5.74, 6) is -3.37. The van der Waals surface area contributed by atoms with Gasteiger partial charge in [-0.2, -0.15) is 0 Å². The van der Waals surface area contributed by atoms with Crippen LogP contribution in [0.25, 0.3) is 10.9 Å².